The van der Waals surface area contributed by atoms with E-state index in [-0.39, 0.29) is 19.1 Å². The highest BCUT2D eigenvalue weighted by molar-refractivity contribution is 7.15. The smallest absolute Gasteiger partial charge is 0.341 e. The minimum Gasteiger partial charge on any atom is -0.484 e. The van der Waals surface area contributed by atoms with Gasteiger partial charge in [-0.15, -0.1) is 11.3 Å². The molecule has 0 radical (unpaired) electrons. The van der Waals surface area contributed by atoms with Crippen LogP contribution in [0.15, 0.2) is 53.9 Å². The zero-order chi connectivity index (χ0) is 21.5. The molecule has 0 aliphatic carbocycles. The average molecular weight is 424 g/mol. The largest absolute Gasteiger partial charge is 0.484 e. The van der Waals surface area contributed by atoms with Crippen LogP contribution >= 0.6 is 11.3 Å². The monoisotopic (exact) mass is 423 g/mol. The van der Waals surface area contributed by atoms with Crippen molar-refractivity contribution in [3.05, 3.63) is 70.6 Å². The zero-order valence-electron chi connectivity index (χ0n) is 17.4. The van der Waals surface area contributed by atoms with E-state index in [4.69, 9.17) is 9.47 Å². The SMILES string of the molecule is CCOC(=O)c1c(-c2ccc(CC)cc2)csc1NC(=O)COc1ccc(C)cc1. The first-order valence-corrected chi connectivity index (χ1v) is 10.8. The third-order valence-corrected chi connectivity index (χ3v) is 5.48. The minimum atomic E-state index is -0.455. The van der Waals surface area contributed by atoms with Crippen LogP contribution in [0.3, 0.4) is 0 Å². The standard InChI is InChI=1S/C24H25NO4S/c1-4-17-8-10-18(11-9-17)20-15-30-23(22(20)24(27)28-5-2)25-21(26)14-29-19-12-6-16(3)7-13-19/h6-13,15H,4-5,14H2,1-3H3,(H,25,26). The van der Waals surface area contributed by atoms with Crippen LogP contribution in [0.1, 0.15) is 35.3 Å². The first kappa shape index (κ1) is 21.6. The van der Waals surface area contributed by atoms with Gasteiger partial charge in [0.05, 0.1) is 6.61 Å². The lowest BCUT2D eigenvalue weighted by molar-refractivity contribution is -0.118. The summed E-state index contributed by atoms with van der Waals surface area (Å²) in [6, 6.07) is 15.5. The third-order valence-electron chi connectivity index (χ3n) is 4.59. The van der Waals surface area contributed by atoms with E-state index >= 15 is 0 Å². The lowest BCUT2D eigenvalue weighted by atomic mass is 10.0. The Balaban J connectivity index is 1.79. The molecule has 0 unspecified atom stereocenters. The van der Waals surface area contributed by atoms with Gasteiger partial charge in [-0.1, -0.05) is 48.9 Å². The van der Waals surface area contributed by atoms with Gasteiger partial charge in [0, 0.05) is 10.9 Å². The van der Waals surface area contributed by atoms with Gasteiger partial charge in [-0.25, -0.2) is 4.79 Å². The minimum absolute atomic E-state index is 0.149. The Morgan fingerprint density at radius 1 is 1.00 bits per heavy atom. The molecule has 3 aromatic rings. The van der Waals surface area contributed by atoms with Gasteiger partial charge in [0.2, 0.25) is 0 Å². The van der Waals surface area contributed by atoms with Gasteiger partial charge in [0.15, 0.2) is 6.61 Å². The molecule has 0 saturated carbocycles. The fourth-order valence-electron chi connectivity index (χ4n) is 2.93. The molecule has 1 amide bonds. The molecule has 0 saturated heterocycles. The Morgan fingerprint density at radius 2 is 1.70 bits per heavy atom. The lowest BCUT2D eigenvalue weighted by Gasteiger charge is -2.10. The third kappa shape index (κ3) is 5.27. The molecule has 1 aromatic heterocycles. The molecular weight excluding hydrogens is 398 g/mol. The normalized spacial score (nSPS) is 10.5. The van der Waals surface area contributed by atoms with Crippen molar-refractivity contribution in [2.45, 2.75) is 27.2 Å². The van der Waals surface area contributed by atoms with Gasteiger partial charge < -0.3 is 14.8 Å². The highest BCUT2D eigenvalue weighted by Crippen LogP contribution is 2.36. The van der Waals surface area contributed by atoms with E-state index in [0.29, 0.717) is 16.3 Å². The first-order valence-electron chi connectivity index (χ1n) is 9.89. The molecule has 0 aliphatic rings. The summed E-state index contributed by atoms with van der Waals surface area (Å²) < 4.78 is 10.8. The number of carbonyl (C=O) groups is 2. The molecular formula is C24H25NO4S. The number of amides is 1. The van der Waals surface area contributed by atoms with Crippen LogP contribution in [0.25, 0.3) is 11.1 Å². The highest BCUT2D eigenvalue weighted by Gasteiger charge is 2.23. The molecule has 0 atom stereocenters. The second-order valence-electron chi connectivity index (χ2n) is 6.77. The van der Waals surface area contributed by atoms with Crippen molar-refractivity contribution in [1.82, 2.24) is 0 Å². The van der Waals surface area contributed by atoms with Crippen LogP contribution < -0.4 is 10.1 Å². The van der Waals surface area contributed by atoms with E-state index in [9.17, 15) is 9.59 Å². The van der Waals surface area contributed by atoms with E-state index in [1.165, 1.54) is 16.9 Å². The molecule has 6 heteroatoms. The number of carbonyl (C=O) groups excluding carboxylic acids is 2. The van der Waals surface area contributed by atoms with Crippen molar-refractivity contribution in [2.75, 3.05) is 18.5 Å². The lowest BCUT2D eigenvalue weighted by Crippen LogP contribution is -2.21. The van der Waals surface area contributed by atoms with Gasteiger partial charge in [-0.05, 0) is 43.5 Å². The fraction of sp³-hybridized carbons (Fsp3) is 0.250. The molecule has 1 heterocycles. The van der Waals surface area contributed by atoms with Crippen LogP contribution in [-0.2, 0) is 16.0 Å². The molecule has 30 heavy (non-hydrogen) atoms. The number of aryl methyl sites for hydroxylation is 2. The summed E-state index contributed by atoms with van der Waals surface area (Å²) in [5.74, 6) is -0.178. The number of anilines is 1. The van der Waals surface area contributed by atoms with E-state index in [1.807, 2.05) is 60.8 Å². The number of benzene rings is 2. The number of hydrogen-bond acceptors (Lipinski definition) is 5. The summed E-state index contributed by atoms with van der Waals surface area (Å²) in [6.45, 7) is 5.94. The zero-order valence-corrected chi connectivity index (χ0v) is 18.2. The first-order chi connectivity index (χ1) is 14.5. The molecule has 0 spiro atoms. The quantitative estimate of drug-likeness (QED) is 0.487. The van der Waals surface area contributed by atoms with Crippen LogP contribution in [0.5, 0.6) is 5.75 Å². The maximum Gasteiger partial charge on any atom is 0.341 e. The number of hydrogen-bond donors (Lipinski definition) is 1. The molecule has 0 aliphatic heterocycles. The van der Waals surface area contributed by atoms with E-state index < -0.39 is 5.97 Å². The summed E-state index contributed by atoms with van der Waals surface area (Å²) in [5, 5.41) is 5.12. The Kier molecular flexibility index (Phi) is 7.25. The Hall–Kier alpha value is -3.12. The molecule has 2 aromatic carbocycles. The molecule has 0 bridgehead atoms. The highest BCUT2D eigenvalue weighted by atomic mass is 32.1. The maximum absolute atomic E-state index is 12.6. The summed E-state index contributed by atoms with van der Waals surface area (Å²) in [7, 11) is 0. The van der Waals surface area contributed by atoms with Crippen LogP contribution in [-0.4, -0.2) is 25.1 Å². The van der Waals surface area contributed by atoms with Crippen molar-refractivity contribution in [3.63, 3.8) is 0 Å². The van der Waals surface area contributed by atoms with Crippen molar-refractivity contribution in [2.24, 2.45) is 0 Å². The van der Waals surface area contributed by atoms with Crippen molar-refractivity contribution >= 4 is 28.2 Å². The number of esters is 1. The predicted octanol–water partition coefficient (Wildman–Crippen LogP) is 5.48. The molecule has 3 rings (SSSR count). The number of thiophene rings is 1. The fourth-order valence-corrected chi connectivity index (χ4v) is 3.91. The van der Waals surface area contributed by atoms with Crippen molar-refractivity contribution < 1.29 is 19.1 Å². The van der Waals surface area contributed by atoms with Crippen molar-refractivity contribution in [1.29, 1.82) is 0 Å². The number of rotatable bonds is 8. The van der Waals surface area contributed by atoms with Gasteiger partial charge in [-0.3, -0.25) is 4.79 Å². The van der Waals surface area contributed by atoms with Crippen LogP contribution in [0, 0.1) is 6.92 Å². The topological polar surface area (TPSA) is 64.6 Å². The predicted molar refractivity (Wildman–Crippen MR) is 120 cm³/mol. The molecule has 1 N–H and O–H groups in total. The Morgan fingerprint density at radius 3 is 2.33 bits per heavy atom. The van der Waals surface area contributed by atoms with E-state index in [1.54, 1.807) is 6.92 Å². The van der Waals surface area contributed by atoms with Gasteiger partial charge >= 0.3 is 5.97 Å². The summed E-state index contributed by atoms with van der Waals surface area (Å²) in [6.07, 6.45) is 0.941. The second-order valence-corrected chi connectivity index (χ2v) is 7.65. The molecule has 0 fully saturated rings. The molecule has 5 nitrogen and oxygen atoms in total. The number of nitrogens with one attached hydrogen (secondary N) is 1. The van der Waals surface area contributed by atoms with Gasteiger partial charge in [0.1, 0.15) is 16.3 Å². The molecule has 156 valence electrons. The Bertz CT molecular complexity index is 1010. The second kappa shape index (κ2) is 10.1. The van der Waals surface area contributed by atoms with E-state index in [0.717, 1.165) is 23.1 Å². The van der Waals surface area contributed by atoms with Crippen LogP contribution in [0.4, 0.5) is 5.00 Å². The summed E-state index contributed by atoms with van der Waals surface area (Å²) >= 11 is 1.30. The Labute approximate surface area is 180 Å². The van der Waals surface area contributed by atoms with Gasteiger partial charge in [-0.2, -0.15) is 0 Å². The maximum atomic E-state index is 12.6. The van der Waals surface area contributed by atoms with Crippen molar-refractivity contribution in [3.8, 4) is 16.9 Å². The summed E-state index contributed by atoms with van der Waals surface area (Å²) in [4.78, 5) is 25.1. The number of ether oxygens (including phenoxy) is 2. The van der Waals surface area contributed by atoms with Crippen LogP contribution in [0.2, 0.25) is 0 Å². The van der Waals surface area contributed by atoms with E-state index in [2.05, 4.69) is 12.2 Å². The van der Waals surface area contributed by atoms with Gasteiger partial charge in [0.25, 0.3) is 5.91 Å². The summed E-state index contributed by atoms with van der Waals surface area (Å²) in [5.41, 5.74) is 4.35. The average Bonchev–Trinajstić information content (AvgIpc) is 3.17.